The van der Waals surface area contributed by atoms with Gasteiger partial charge in [0.05, 0.1) is 4.91 Å². The Morgan fingerprint density at radius 2 is 2.04 bits per heavy atom. The zero-order chi connectivity index (χ0) is 20.1. The van der Waals surface area contributed by atoms with E-state index < -0.39 is 29.1 Å². The topological polar surface area (TPSA) is 122 Å². The van der Waals surface area contributed by atoms with Crippen LogP contribution in [-0.4, -0.2) is 47.1 Å². The Balaban J connectivity index is 1.97. The molecule has 4 N–H and O–H groups in total. The first-order chi connectivity index (χ1) is 12.7. The third-order valence-electron chi connectivity index (χ3n) is 3.51. The minimum absolute atomic E-state index is 0.00854. The largest absolute Gasteiger partial charge is 0.353 e. The summed E-state index contributed by atoms with van der Waals surface area (Å²) >= 11 is 12.7. The number of carbonyl (C=O) groups excluding carboxylic acids is 4. The lowest BCUT2D eigenvalue weighted by atomic mass is 10.2. The Hall–Kier alpha value is -2.23. The molecular formula is C16H16Cl2N4O4S. The normalized spacial score (nSPS) is 16.6. The quantitative estimate of drug-likeness (QED) is 0.597. The molecule has 0 aromatic heterocycles. The number of thioether (sulfide) groups is 1. The Morgan fingerprint density at radius 3 is 2.67 bits per heavy atom. The first-order valence-electron chi connectivity index (χ1n) is 7.73. The summed E-state index contributed by atoms with van der Waals surface area (Å²) in [6, 6.07) is 3.15. The Morgan fingerprint density at radius 1 is 1.33 bits per heavy atom. The van der Waals surface area contributed by atoms with Gasteiger partial charge in [0.1, 0.15) is 6.04 Å². The van der Waals surface area contributed by atoms with Crippen LogP contribution in [0.3, 0.4) is 0 Å². The number of imide groups is 1. The zero-order valence-corrected chi connectivity index (χ0v) is 16.5. The maximum absolute atomic E-state index is 12.4. The first kappa shape index (κ1) is 21.1. The summed E-state index contributed by atoms with van der Waals surface area (Å²) in [6.07, 6.45) is 1.51. The fourth-order valence-electron chi connectivity index (χ4n) is 2.18. The number of carbonyl (C=O) groups is 4. The second-order valence-corrected chi connectivity index (χ2v) is 7.36. The average Bonchev–Trinajstić information content (AvgIpc) is 2.84. The number of nitrogens with zero attached hydrogens (tertiary/aromatic N) is 1. The van der Waals surface area contributed by atoms with Crippen molar-refractivity contribution in [3.8, 4) is 0 Å². The SMILES string of the molecule is C[C@@H](NC(N)=O)C(=O)NCCN1C(=O)S/C(=C\c2ccc(Cl)cc2Cl)C1=O. The lowest BCUT2D eigenvalue weighted by Gasteiger charge is -2.15. The highest BCUT2D eigenvalue weighted by Crippen LogP contribution is 2.33. The molecule has 144 valence electrons. The van der Waals surface area contributed by atoms with Gasteiger partial charge < -0.3 is 16.4 Å². The molecule has 2 rings (SSSR count). The van der Waals surface area contributed by atoms with Crippen molar-refractivity contribution >= 4 is 64.1 Å². The van der Waals surface area contributed by atoms with Gasteiger partial charge in [0.15, 0.2) is 0 Å². The second kappa shape index (κ2) is 9.12. The van der Waals surface area contributed by atoms with E-state index in [-0.39, 0.29) is 18.0 Å². The van der Waals surface area contributed by atoms with Gasteiger partial charge in [-0.2, -0.15) is 0 Å². The summed E-state index contributed by atoms with van der Waals surface area (Å²) in [5.74, 6) is -0.960. The minimum atomic E-state index is -0.829. The van der Waals surface area contributed by atoms with E-state index in [1.807, 2.05) is 0 Å². The van der Waals surface area contributed by atoms with E-state index in [2.05, 4.69) is 10.6 Å². The number of rotatable bonds is 6. The third-order valence-corrected chi connectivity index (χ3v) is 4.98. The van der Waals surface area contributed by atoms with Crippen LogP contribution in [0.15, 0.2) is 23.1 Å². The average molecular weight is 431 g/mol. The summed E-state index contributed by atoms with van der Waals surface area (Å²) in [6.45, 7) is 1.49. The molecule has 1 atom stereocenters. The van der Waals surface area contributed by atoms with Crippen LogP contribution in [0.1, 0.15) is 12.5 Å². The van der Waals surface area contributed by atoms with E-state index in [0.717, 1.165) is 16.7 Å². The number of benzene rings is 1. The highest BCUT2D eigenvalue weighted by atomic mass is 35.5. The molecule has 1 aromatic carbocycles. The molecule has 11 heteroatoms. The van der Waals surface area contributed by atoms with E-state index in [4.69, 9.17) is 28.9 Å². The van der Waals surface area contributed by atoms with Crippen LogP contribution in [-0.2, 0) is 9.59 Å². The molecule has 8 nitrogen and oxygen atoms in total. The van der Waals surface area contributed by atoms with Gasteiger partial charge >= 0.3 is 6.03 Å². The van der Waals surface area contributed by atoms with E-state index in [1.54, 1.807) is 12.1 Å². The van der Waals surface area contributed by atoms with Crippen LogP contribution in [0.2, 0.25) is 10.0 Å². The molecule has 0 spiro atoms. The van der Waals surface area contributed by atoms with Gasteiger partial charge in [-0.05, 0) is 42.5 Å². The van der Waals surface area contributed by atoms with Crippen molar-refractivity contribution in [3.63, 3.8) is 0 Å². The Labute approximate surface area is 169 Å². The lowest BCUT2D eigenvalue weighted by Crippen LogP contribution is -2.48. The maximum atomic E-state index is 12.4. The number of hydrogen-bond donors (Lipinski definition) is 3. The molecule has 1 aliphatic heterocycles. The standard InChI is InChI=1S/C16H16Cl2N4O4S/c1-8(21-15(19)25)13(23)20-4-5-22-14(24)12(27-16(22)26)6-9-2-3-10(17)7-11(9)18/h2-3,6-8H,4-5H2,1H3,(H,20,23)(H3,19,21,25)/b12-6-/t8-/m1/s1. The van der Waals surface area contributed by atoms with Crippen molar-refractivity contribution in [1.29, 1.82) is 0 Å². The third kappa shape index (κ3) is 5.62. The fraction of sp³-hybridized carbons (Fsp3) is 0.250. The molecule has 5 amide bonds. The lowest BCUT2D eigenvalue weighted by molar-refractivity contribution is -0.124. The summed E-state index contributed by atoms with van der Waals surface area (Å²) in [7, 11) is 0. The number of nitrogens with two attached hydrogens (primary N) is 1. The predicted molar refractivity (Wildman–Crippen MR) is 104 cm³/mol. The van der Waals surface area contributed by atoms with E-state index >= 15 is 0 Å². The monoisotopic (exact) mass is 430 g/mol. The molecule has 1 fully saturated rings. The van der Waals surface area contributed by atoms with Crippen molar-refractivity contribution in [2.24, 2.45) is 5.73 Å². The number of amides is 5. The molecule has 1 aromatic rings. The molecule has 0 saturated carbocycles. The predicted octanol–water partition coefficient (Wildman–Crippen LogP) is 2.20. The number of urea groups is 1. The van der Waals surface area contributed by atoms with Crippen LogP contribution in [0.25, 0.3) is 6.08 Å². The van der Waals surface area contributed by atoms with Gasteiger partial charge in [-0.1, -0.05) is 29.3 Å². The first-order valence-corrected chi connectivity index (χ1v) is 9.30. The van der Waals surface area contributed by atoms with Gasteiger partial charge in [-0.25, -0.2) is 4.79 Å². The van der Waals surface area contributed by atoms with Crippen LogP contribution in [0.5, 0.6) is 0 Å². The molecule has 1 aliphatic rings. The zero-order valence-electron chi connectivity index (χ0n) is 14.1. The molecule has 0 bridgehead atoms. The summed E-state index contributed by atoms with van der Waals surface area (Å²) in [5.41, 5.74) is 5.50. The summed E-state index contributed by atoms with van der Waals surface area (Å²) < 4.78 is 0. The summed E-state index contributed by atoms with van der Waals surface area (Å²) in [4.78, 5) is 48.2. The van der Waals surface area contributed by atoms with E-state index in [9.17, 15) is 19.2 Å². The van der Waals surface area contributed by atoms with Crippen molar-refractivity contribution in [2.75, 3.05) is 13.1 Å². The van der Waals surface area contributed by atoms with E-state index in [1.165, 1.54) is 19.1 Å². The number of halogens is 2. The smallest absolute Gasteiger partial charge is 0.312 e. The van der Waals surface area contributed by atoms with Gasteiger partial charge in [0.2, 0.25) is 5.91 Å². The minimum Gasteiger partial charge on any atom is -0.353 e. The van der Waals surface area contributed by atoms with E-state index in [0.29, 0.717) is 15.6 Å². The molecular weight excluding hydrogens is 415 g/mol. The number of nitrogens with one attached hydrogen (secondary N) is 2. The van der Waals surface area contributed by atoms with Crippen LogP contribution in [0.4, 0.5) is 9.59 Å². The van der Waals surface area contributed by atoms with Gasteiger partial charge in [-0.3, -0.25) is 19.3 Å². The highest BCUT2D eigenvalue weighted by Gasteiger charge is 2.34. The Kier molecular flexibility index (Phi) is 7.11. The van der Waals surface area contributed by atoms with Gasteiger partial charge in [0, 0.05) is 23.1 Å². The van der Waals surface area contributed by atoms with Crippen molar-refractivity contribution in [3.05, 3.63) is 38.7 Å². The van der Waals surface area contributed by atoms with Crippen molar-refractivity contribution in [1.82, 2.24) is 15.5 Å². The van der Waals surface area contributed by atoms with Gasteiger partial charge in [-0.15, -0.1) is 0 Å². The van der Waals surface area contributed by atoms with Crippen LogP contribution < -0.4 is 16.4 Å². The second-order valence-electron chi connectivity index (χ2n) is 5.52. The van der Waals surface area contributed by atoms with Gasteiger partial charge in [0.25, 0.3) is 11.1 Å². The molecule has 1 heterocycles. The molecule has 0 aliphatic carbocycles. The molecule has 1 saturated heterocycles. The number of hydrogen-bond acceptors (Lipinski definition) is 5. The van der Waals surface area contributed by atoms with Crippen LogP contribution >= 0.6 is 35.0 Å². The number of primary amides is 1. The Bertz CT molecular complexity index is 831. The fourth-order valence-corrected chi connectivity index (χ4v) is 3.49. The summed E-state index contributed by atoms with van der Waals surface area (Å²) in [5, 5.41) is 5.11. The van der Waals surface area contributed by atoms with Crippen LogP contribution in [0, 0.1) is 0 Å². The molecule has 0 unspecified atom stereocenters. The van der Waals surface area contributed by atoms with Crippen molar-refractivity contribution < 1.29 is 19.2 Å². The molecule has 27 heavy (non-hydrogen) atoms. The maximum Gasteiger partial charge on any atom is 0.312 e. The highest BCUT2D eigenvalue weighted by molar-refractivity contribution is 8.18. The molecule has 0 radical (unpaired) electrons. The van der Waals surface area contributed by atoms with Crippen molar-refractivity contribution in [2.45, 2.75) is 13.0 Å².